The monoisotopic (exact) mass is 397 g/mol. The smallest absolute Gasteiger partial charge is 0.209 e. The number of hydrogen-bond acceptors (Lipinski definition) is 6. The number of pyridine rings is 1. The summed E-state index contributed by atoms with van der Waals surface area (Å²) in [6, 6.07) is 5.71. The Morgan fingerprint density at radius 1 is 1.36 bits per heavy atom. The van der Waals surface area contributed by atoms with E-state index in [2.05, 4.69) is 24.7 Å². The second-order valence-corrected chi connectivity index (χ2v) is 7.89. The van der Waals surface area contributed by atoms with E-state index in [1.165, 1.54) is 11.8 Å². The average molecular weight is 398 g/mol. The third-order valence-electron chi connectivity index (χ3n) is 5.04. The quantitative estimate of drug-likeness (QED) is 0.486. The van der Waals surface area contributed by atoms with Crippen molar-refractivity contribution in [2.24, 2.45) is 0 Å². The first-order valence-electron chi connectivity index (χ1n) is 9.39. The number of H-pyrrole nitrogens is 1. The van der Waals surface area contributed by atoms with Crippen LogP contribution in [0.2, 0.25) is 0 Å². The summed E-state index contributed by atoms with van der Waals surface area (Å²) >= 11 is 1.34. The minimum Gasteiger partial charge on any atom is -0.376 e. The van der Waals surface area contributed by atoms with Crippen molar-refractivity contribution in [2.75, 3.05) is 12.4 Å². The first kappa shape index (κ1) is 18.9. The molecule has 7 nitrogen and oxygen atoms in total. The molecule has 28 heavy (non-hydrogen) atoms. The van der Waals surface area contributed by atoms with Crippen molar-refractivity contribution in [1.29, 1.82) is 0 Å². The Morgan fingerprint density at radius 2 is 2.18 bits per heavy atom. The van der Waals surface area contributed by atoms with Crippen LogP contribution in [0.1, 0.15) is 34.6 Å². The Balaban J connectivity index is 1.41. The number of aromatic amines is 1. The van der Waals surface area contributed by atoms with Gasteiger partial charge in [-0.05, 0) is 44.9 Å². The lowest BCUT2D eigenvalue weighted by atomic mass is 10.2. The van der Waals surface area contributed by atoms with Crippen LogP contribution in [0.5, 0.6) is 0 Å². The first-order chi connectivity index (χ1) is 13.6. The molecule has 146 valence electrons. The van der Waals surface area contributed by atoms with E-state index in [1.54, 1.807) is 12.4 Å². The fraction of sp³-hybridized carbons (Fsp3) is 0.400. The molecule has 1 saturated heterocycles. The van der Waals surface area contributed by atoms with Crippen LogP contribution in [0.15, 0.2) is 35.7 Å². The molecular formula is C20H23N5O2S. The van der Waals surface area contributed by atoms with E-state index < -0.39 is 0 Å². The molecule has 0 aromatic carbocycles. The number of ketones is 1. The zero-order chi connectivity index (χ0) is 19.5. The molecule has 0 aliphatic carbocycles. The minimum atomic E-state index is 0.0898. The largest absolute Gasteiger partial charge is 0.376 e. The highest BCUT2D eigenvalue weighted by atomic mass is 32.2. The number of carbonyl (C=O) groups excluding carboxylic acids is 1. The van der Waals surface area contributed by atoms with Crippen molar-refractivity contribution in [3.8, 4) is 11.4 Å². The second kappa shape index (κ2) is 8.28. The Bertz CT molecular complexity index is 960. The first-order valence-corrected chi connectivity index (χ1v) is 10.4. The number of thioether (sulfide) groups is 1. The number of Topliss-reactive ketones (excluding diaryl/α,β-unsaturated/α-hetero) is 1. The standard InChI is InChI=1S/C20H23N5O2S/c1-13-10-17(14(2)25(13)11-16-4-3-9-27-16)18(26)12-28-20-22-19(23-24-20)15-5-7-21-8-6-15/h5-8,10,16H,3-4,9,11-12H2,1-2H3,(H,22,23,24)/t16-/m0/s1. The van der Waals surface area contributed by atoms with E-state index >= 15 is 0 Å². The number of aromatic nitrogens is 5. The molecule has 8 heteroatoms. The zero-order valence-corrected chi connectivity index (χ0v) is 16.8. The van der Waals surface area contributed by atoms with Crippen molar-refractivity contribution in [3.05, 3.63) is 47.5 Å². The number of hydrogen-bond donors (Lipinski definition) is 1. The molecule has 1 atom stereocenters. The molecule has 0 saturated carbocycles. The highest BCUT2D eigenvalue weighted by Gasteiger charge is 2.21. The van der Waals surface area contributed by atoms with Crippen LogP contribution in [0.4, 0.5) is 0 Å². The maximum Gasteiger partial charge on any atom is 0.209 e. The molecule has 0 bridgehead atoms. The Morgan fingerprint density at radius 3 is 2.93 bits per heavy atom. The van der Waals surface area contributed by atoms with Gasteiger partial charge >= 0.3 is 0 Å². The predicted molar refractivity (Wildman–Crippen MR) is 108 cm³/mol. The Labute approximate surface area is 167 Å². The van der Waals surface area contributed by atoms with Crippen molar-refractivity contribution in [3.63, 3.8) is 0 Å². The second-order valence-electron chi connectivity index (χ2n) is 6.94. The van der Waals surface area contributed by atoms with Crippen LogP contribution < -0.4 is 0 Å². The predicted octanol–water partition coefficient (Wildman–Crippen LogP) is 3.44. The van der Waals surface area contributed by atoms with Gasteiger partial charge in [0, 0.05) is 48.1 Å². The van der Waals surface area contributed by atoms with Gasteiger partial charge in [0.1, 0.15) is 0 Å². The average Bonchev–Trinajstić information content (AvgIpc) is 3.45. The van der Waals surface area contributed by atoms with Crippen LogP contribution in [0, 0.1) is 13.8 Å². The lowest BCUT2D eigenvalue weighted by molar-refractivity contribution is 0.0957. The summed E-state index contributed by atoms with van der Waals surface area (Å²) < 4.78 is 7.94. The SMILES string of the molecule is Cc1cc(C(=O)CSc2n[nH]c(-c3ccncc3)n2)c(C)n1C[C@@H]1CCCO1. The molecule has 1 aliphatic heterocycles. The summed E-state index contributed by atoms with van der Waals surface area (Å²) in [6.07, 6.45) is 5.87. The van der Waals surface area contributed by atoms with Crippen LogP contribution in [-0.4, -0.2) is 49.0 Å². The molecule has 4 rings (SSSR count). The summed E-state index contributed by atoms with van der Waals surface area (Å²) in [5.41, 5.74) is 3.79. The van der Waals surface area contributed by atoms with E-state index in [0.29, 0.717) is 16.7 Å². The van der Waals surface area contributed by atoms with Crippen molar-refractivity contribution in [1.82, 2.24) is 24.7 Å². The third kappa shape index (κ3) is 4.02. The van der Waals surface area contributed by atoms with Crippen LogP contribution in [-0.2, 0) is 11.3 Å². The van der Waals surface area contributed by atoms with Gasteiger partial charge in [-0.1, -0.05) is 11.8 Å². The van der Waals surface area contributed by atoms with Crippen LogP contribution >= 0.6 is 11.8 Å². The zero-order valence-electron chi connectivity index (χ0n) is 16.0. The number of rotatable bonds is 7. The molecule has 1 aliphatic rings. The molecule has 1 N–H and O–H groups in total. The van der Waals surface area contributed by atoms with Gasteiger partial charge in [-0.3, -0.25) is 14.9 Å². The number of carbonyl (C=O) groups is 1. The van der Waals surface area contributed by atoms with E-state index in [9.17, 15) is 4.79 Å². The number of nitrogens with one attached hydrogen (secondary N) is 1. The van der Waals surface area contributed by atoms with Crippen molar-refractivity contribution in [2.45, 2.75) is 44.5 Å². The normalized spacial score (nSPS) is 16.6. The van der Waals surface area contributed by atoms with Gasteiger partial charge in [-0.25, -0.2) is 4.98 Å². The Kier molecular flexibility index (Phi) is 5.59. The molecule has 0 spiro atoms. The molecule has 4 heterocycles. The van der Waals surface area contributed by atoms with Crippen molar-refractivity contribution >= 4 is 17.5 Å². The minimum absolute atomic E-state index is 0.0898. The van der Waals surface area contributed by atoms with Gasteiger partial charge in [0.05, 0.1) is 11.9 Å². The fourth-order valence-corrected chi connectivity index (χ4v) is 4.20. The van der Waals surface area contributed by atoms with E-state index in [4.69, 9.17) is 4.74 Å². The fourth-order valence-electron chi connectivity index (χ4n) is 3.51. The number of ether oxygens (including phenoxy) is 1. The highest BCUT2D eigenvalue weighted by molar-refractivity contribution is 7.99. The summed E-state index contributed by atoms with van der Waals surface area (Å²) in [5.74, 6) is 1.07. The molecule has 1 fully saturated rings. The van der Waals surface area contributed by atoms with E-state index in [-0.39, 0.29) is 11.9 Å². The molecule has 0 unspecified atom stereocenters. The molecule has 3 aromatic heterocycles. The van der Waals surface area contributed by atoms with Gasteiger partial charge in [0.15, 0.2) is 11.6 Å². The van der Waals surface area contributed by atoms with Gasteiger partial charge in [-0.2, -0.15) is 0 Å². The summed E-state index contributed by atoms with van der Waals surface area (Å²) in [6.45, 7) is 5.70. The molecule has 3 aromatic rings. The molecule has 0 amide bonds. The molecule has 0 radical (unpaired) electrons. The van der Waals surface area contributed by atoms with E-state index in [1.807, 2.05) is 32.0 Å². The lowest BCUT2D eigenvalue weighted by Gasteiger charge is -2.14. The lowest BCUT2D eigenvalue weighted by Crippen LogP contribution is -2.17. The summed E-state index contributed by atoms with van der Waals surface area (Å²) in [7, 11) is 0. The maximum atomic E-state index is 12.8. The number of aryl methyl sites for hydroxylation is 1. The topological polar surface area (TPSA) is 85.7 Å². The van der Waals surface area contributed by atoms with Crippen LogP contribution in [0.3, 0.4) is 0 Å². The van der Waals surface area contributed by atoms with Gasteiger partial charge in [0.2, 0.25) is 5.16 Å². The van der Waals surface area contributed by atoms with Gasteiger partial charge in [0.25, 0.3) is 0 Å². The maximum absolute atomic E-state index is 12.8. The van der Waals surface area contributed by atoms with Gasteiger partial charge < -0.3 is 9.30 Å². The van der Waals surface area contributed by atoms with Gasteiger partial charge in [-0.15, -0.1) is 5.10 Å². The molecular weight excluding hydrogens is 374 g/mol. The van der Waals surface area contributed by atoms with Crippen LogP contribution in [0.25, 0.3) is 11.4 Å². The van der Waals surface area contributed by atoms with E-state index in [0.717, 1.165) is 48.5 Å². The third-order valence-corrected chi connectivity index (χ3v) is 5.88. The van der Waals surface area contributed by atoms with Crippen molar-refractivity contribution < 1.29 is 9.53 Å². The number of nitrogens with zero attached hydrogens (tertiary/aromatic N) is 4. The summed E-state index contributed by atoms with van der Waals surface area (Å²) in [5, 5.41) is 7.68. The summed E-state index contributed by atoms with van der Waals surface area (Å²) in [4.78, 5) is 21.2. The Hall–Kier alpha value is -2.45. The highest BCUT2D eigenvalue weighted by Crippen LogP contribution is 2.23.